The molecule has 120 valence electrons. The van der Waals surface area contributed by atoms with Gasteiger partial charge < -0.3 is 10.1 Å². The normalized spacial score (nSPS) is 23.1. The van der Waals surface area contributed by atoms with Crippen molar-refractivity contribution in [1.29, 1.82) is 0 Å². The maximum absolute atomic E-state index is 5.92. The van der Waals surface area contributed by atoms with Gasteiger partial charge in [0.25, 0.3) is 0 Å². The zero-order chi connectivity index (χ0) is 15.5. The summed E-state index contributed by atoms with van der Waals surface area (Å²) in [6.07, 6.45) is 5.66. The Labute approximate surface area is 129 Å². The number of ether oxygens (including phenoxy) is 1. The van der Waals surface area contributed by atoms with Crippen LogP contribution in [0.25, 0.3) is 0 Å². The van der Waals surface area contributed by atoms with Crippen LogP contribution in [0.4, 0.5) is 0 Å². The lowest BCUT2D eigenvalue weighted by Crippen LogP contribution is -2.36. The van der Waals surface area contributed by atoms with Crippen LogP contribution in [0.3, 0.4) is 0 Å². The van der Waals surface area contributed by atoms with E-state index in [4.69, 9.17) is 4.74 Å². The van der Waals surface area contributed by atoms with Gasteiger partial charge in [-0.3, -0.25) is 4.68 Å². The monoisotopic (exact) mass is 293 g/mol. The molecule has 21 heavy (non-hydrogen) atoms. The maximum Gasteiger partial charge on any atom is 0.0664 e. The summed E-state index contributed by atoms with van der Waals surface area (Å²) in [5.41, 5.74) is 1.49. The topological polar surface area (TPSA) is 39.1 Å². The van der Waals surface area contributed by atoms with Gasteiger partial charge in [-0.25, -0.2) is 0 Å². The highest BCUT2D eigenvalue weighted by atomic mass is 16.5. The minimum absolute atomic E-state index is 0.227. The van der Waals surface area contributed by atoms with Crippen molar-refractivity contribution >= 4 is 0 Å². The van der Waals surface area contributed by atoms with Crippen LogP contribution in [-0.4, -0.2) is 29.0 Å². The molecule has 0 aliphatic carbocycles. The lowest BCUT2D eigenvalue weighted by molar-refractivity contribution is 0.00721. The molecule has 2 atom stereocenters. The molecule has 0 bridgehead atoms. The molecule has 0 radical (unpaired) electrons. The van der Waals surface area contributed by atoms with Crippen LogP contribution in [-0.2, 0) is 17.8 Å². The summed E-state index contributed by atoms with van der Waals surface area (Å²) < 4.78 is 7.96. The summed E-state index contributed by atoms with van der Waals surface area (Å²) in [7, 11) is 0. The van der Waals surface area contributed by atoms with Crippen molar-refractivity contribution in [2.45, 2.75) is 60.2 Å². The molecule has 0 spiro atoms. The third kappa shape index (κ3) is 4.82. The fourth-order valence-electron chi connectivity index (χ4n) is 3.17. The molecular weight excluding hydrogens is 262 g/mol. The van der Waals surface area contributed by atoms with Crippen LogP contribution in [0.5, 0.6) is 0 Å². The molecule has 1 aliphatic heterocycles. The molecule has 0 saturated carbocycles. The first kappa shape index (κ1) is 16.5. The van der Waals surface area contributed by atoms with Crippen molar-refractivity contribution in [3.8, 4) is 0 Å². The van der Waals surface area contributed by atoms with Crippen LogP contribution in [0.2, 0.25) is 0 Å². The Morgan fingerprint density at radius 3 is 2.86 bits per heavy atom. The van der Waals surface area contributed by atoms with Gasteiger partial charge in [0.15, 0.2) is 0 Å². The van der Waals surface area contributed by atoms with Crippen molar-refractivity contribution in [2.24, 2.45) is 17.3 Å². The maximum atomic E-state index is 5.92. The van der Waals surface area contributed by atoms with Gasteiger partial charge >= 0.3 is 0 Å². The first-order valence-electron chi connectivity index (χ1n) is 8.20. The standard InChI is InChI=1S/C17H31N3O/c1-13(2)11-20-12-14(9-19-20)8-18-10-15-6-7-21-16(15)17(3,4)5/h9,12-13,15-16,18H,6-8,10-11H2,1-5H3/t15-,16+/m1/s1. The largest absolute Gasteiger partial charge is 0.377 e. The first-order chi connectivity index (χ1) is 9.86. The number of nitrogens with zero attached hydrogens (tertiary/aromatic N) is 2. The Kier molecular flexibility index (Phi) is 5.44. The molecule has 0 unspecified atom stereocenters. The van der Waals surface area contributed by atoms with E-state index in [1.54, 1.807) is 0 Å². The molecule has 1 saturated heterocycles. The zero-order valence-corrected chi connectivity index (χ0v) is 14.2. The summed E-state index contributed by atoms with van der Waals surface area (Å²) in [4.78, 5) is 0. The fraction of sp³-hybridized carbons (Fsp3) is 0.824. The summed E-state index contributed by atoms with van der Waals surface area (Å²) >= 11 is 0. The average Bonchev–Trinajstić information content (AvgIpc) is 2.97. The SMILES string of the molecule is CC(C)Cn1cc(CNC[C@H]2CCO[C@@H]2C(C)(C)C)cn1. The van der Waals surface area contributed by atoms with Gasteiger partial charge in [0, 0.05) is 43.9 Å². The number of nitrogens with one attached hydrogen (secondary N) is 1. The number of rotatable bonds is 6. The average molecular weight is 293 g/mol. The second-order valence-electron chi connectivity index (χ2n) is 7.80. The molecule has 1 fully saturated rings. The second-order valence-corrected chi connectivity index (χ2v) is 7.80. The molecular formula is C17H31N3O. The van der Waals surface area contributed by atoms with Gasteiger partial charge in [-0.1, -0.05) is 34.6 Å². The molecule has 1 aliphatic rings. The van der Waals surface area contributed by atoms with E-state index < -0.39 is 0 Å². The molecule has 0 aromatic carbocycles. The molecule has 1 aromatic heterocycles. The van der Waals surface area contributed by atoms with Crippen LogP contribution in [0, 0.1) is 17.3 Å². The van der Waals surface area contributed by atoms with Crippen LogP contribution in [0.15, 0.2) is 12.4 Å². The Bertz CT molecular complexity index is 433. The Hall–Kier alpha value is -0.870. The van der Waals surface area contributed by atoms with E-state index in [9.17, 15) is 0 Å². The minimum atomic E-state index is 0.227. The second kappa shape index (κ2) is 6.93. The van der Waals surface area contributed by atoms with E-state index in [1.165, 1.54) is 12.0 Å². The lowest BCUT2D eigenvalue weighted by atomic mass is 9.81. The van der Waals surface area contributed by atoms with Gasteiger partial charge in [0.05, 0.1) is 12.3 Å². The quantitative estimate of drug-likeness (QED) is 0.876. The fourth-order valence-corrected chi connectivity index (χ4v) is 3.17. The zero-order valence-electron chi connectivity index (χ0n) is 14.2. The molecule has 4 heteroatoms. The Balaban J connectivity index is 1.77. The number of hydrogen-bond acceptors (Lipinski definition) is 3. The molecule has 1 N–H and O–H groups in total. The van der Waals surface area contributed by atoms with Crippen LogP contribution < -0.4 is 5.32 Å². The van der Waals surface area contributed by atoms with Crippen LogP contribution in [0.1, 0.15) is 46.6 Å². The molecule has 0 amide bonds. The third-order valence-electron chi connectivity index (χ3n) is 4.04. The van der Waals surface area contributed by atoms with Crippen molar-refractivity contribution < 1.29 is 4.74 Å². The van der Waals surface area contributed by atoms with E-state index >= 15 is 0 Å². The lowest BCUT2D eigenvalue weighted by Gasteiger charge is -2.31. The van der Waals surface area contributed by atoms with Gasteiger partial charge in [-0.2, -0.15) is 5.10 Å². The highest BCUT2D eigenvalue weighted by molar-refractivity contribution is 5.03. The highest BCUT2D eigenvalue weighted by Crippen LogP contribution is 2.34. The number of hydrogen-bond donors (Lipinski definition) is 1. The van der Waals surface area contributed by atoms with E-state index in [2.05, 4.69) is 51.2 Å². The first-order valence-corrected chi connectivity index (χ1v) is 8.20. The van der Waals surface area contributed by atoms with Crippen molar-refractivity contribution in [2.75, 3.05) is 13.2 Å². The highest BCUT2D eigenvalue weighted by Gasteiger charge is 2.36. The van der Waals surface area contributed by atoms with Crippen molar-refractivity contribution in [1.82, 2.24) is 15.1 Å². The Morgan fingerprint density at radius 1 is 1.43 bits per heavy atom. The molecule has 1 aromatic rings. The van der Waals surface area contributed by atoms with Crippen LogP contribution >= 0.6 is 0 Å². The summed E-state index contributed by atoms with van der Waals surface area (Å²) in [6, 6.07) is 0. The predicted octanol–water partition coefficient (Wildman–Crippen LogP) is 3.08. The minimum Gasteiger partial charge on any atom is -0.377 e. The molecule has 4 nitrogen and oxygen atoms in total. The van der Waals surface area contributed by atoms with Gasteiger partial charge in [0.1, 0.15) is 0 Å². The van der Waals surface area contributed by atoms with E-state index in [1.807, 2.05) is 10.9 Å². The summed E-state index contributed by atoms with van der Waals surface area (Å²) in [5.74, 6) is 1.25. The predicted molar refractivity (Wildman–Crippen MR) is 86.1 cm³/mol. The van der Waals surface area contributed by atoms with E-state index in [0.717, 1.165) is 26.2 Å². The summed E-state index contributed by atoms with van der Waals surface area (Å²) in [6.45, 7) is 15.0. The smallest absolute Gasteiger partial charge is 0.0664 e. The van der Waals surface area contributed by atoms with Crippen molar-refractivity contribution in [3.63, 3.8) is 0 Å². The third-order valence-corrected chi connectivity index (χ3v) is 4.04. The molecule has 2 heterocycles. The molecule has 2 rings (SSSR count). The number of aromatic nitrogens is 2. The summed E-state index contributed by atoms with van der Waals surface area (Å²) in [5, 5.41) is 7.99. The van der Waals surface area contributed by atoms with E-state index in [-0.39, 0.29) is 5.41 Å². The van der Waals surface area contributed by atoms with E-state index in [0.29, 0.717) is 17.9 Å². The van der Waals surface area contributed by atoms with Gasteiger partial charge in [-0.15, -0.1) is 0 Å². The van der Waals surface area contributed by atoms with Crippen molar-refractivity contribution in [3.05, 3.63) is 18.0 Å². The van der Waals surface area contributed by atoms with Gasteiger partial charge in [-0.05, 0) is 17.8 Å². The van der Waals surface area contributed by atoms with Gasteiger partial charge in [0.2, 0.25) is 0 Å². The Morgan fingerprint density at radius 2 is 2.19 bits per heavy atom.